The molecule has 0 saturated carbocycles. The number of rotatable bonds is 1. The summed E-state index contributed by atoms with van der Waals surface area (Å²) >= 11 is 0. The fourth-order valence-corrected chi connectivity index (χ4v) is 2.10. The molecule has 1 aromatic rings. The quantitative estimate of drug-likeness (QED) is 0.852. The number of urea groups is 1. The van der Waals surface area contributed by atoms with Gasteiger partial charge in [-0.3, -0.25) is 4.79 Å². The van der Waals surface area contributed by atoms with Crippen LogP contribution in [0.5, 0.6) is 0 Å². The smallest absolute Gasteiger partial charge is 0.321 e. The highest BCUT2D eigenvalue weighted by molar-refractivity contribution is 5.89. The molecular formula is C14H18FN3O2. The molecule has 0 unspecified atom stereocenters. The van der Waals surface area contributed by atoms with Crippen LogP contribution < -0.4 is 5.32 Å². The van der Waals surface area contributed by atoms with E-state index in [-0.39, 0.29) is 17.8 Å². The van der Waals surface area contributed by atoms with E-state index in [1.165, 1.54) is 13.0 Å². The van der Waals surface area contributed by atoms with Crippen molar-refractivity contribution in [2.45, 2.75) is 13.8 Å². The van der Waals surface area contributed by atoms with Gasteiger partial charge in [0.1, 0.15) is 5.82 Å². The summed E-state index contributed by atoms with van der Waals surface area (Å²) in [5, 5.41) is 2.67. The van der Waals surface area contributed by atoms with Crippen molar-refractivity contribution in [2.75, 3.05) is 31.5 Å². The third-order valence-electron chi connectivity index (χ3n) is 3.44. The molecule has 0 spiro atoms. The summed E-state index contributed by atoms with van der Waals surface area (Å²) in [5.41, 5.74) is 0.977. The van der Waals surface area contributed by atoms with Gasteiger partial charge < -0.3 is 15.1 Å². The topological polar surface area (TPSA) is 52.7 Å². The number of anilines is 1. The largest absolute Gasteiger partial charge is 0.339 e. The average molecular weight is 279 g/mol. The molecule has 1 aliphatic heterocycles. The van der Waals surface area contributed by atoms with E-state index in [4.69, 9.17) is 0 Å². The zero-order valence-corrected chi connectivity index (χ0v) is 11.6. The Labute approximate surface area is 117 Å². The molecule has 0 radical (unpaired) electrons. The van der Waals surface area contributed by atoms with E-state index in [1.54, 1.807) is 28.9 Å². The highest BCUT2D eigenvalue weighted by Gasteiger charge is 2.22. The summed E-state index contributed by atoms with van der Waals surface area (Å²) < 4.78 is 13.4. The van der Waals surface area contributed by atoms with Gasteiger partial charge in [0, 0.05) is 38.8 Å². The standard InChI is InChI=1S/C14H18FN3O2/c1-10-3-4-12(9-13(10)15)16-14(20)18-7-5-17(6-8-18)11(2)19/h3-4,9H,5-8H2,1-2H3,(H,16,20). The zero-order chi connectivity index (χ0) is 14.7. The summed E-state index contributed by atoms with van der Waals surface area (Å²) in [5.74, 6) is -0.324. The van der Waals surface area contributed by atoms with Crippen molar-refractivity contribution >= 4 is 17.6 Å². The number of nitrogens with zero attached hydrogens (tertiary/aromatic N) is 2. The van der Waals surface area contributed by atoms with Crippen molar-refractivity contribution in [3.05, 3.63) is 29.6 Å². The lowest BCUT2D eigenvalue weighted by atomic mass is 10.2. The Morgan fingerprint density at radius 1 is 1.15 bits per heavy atom. The van der Waals surface area contributed by atoms with Crippen LogP contribution >= 0.6 is 0 Å². The Morgan fingerprint density at radius 2 is 1.75 bits per heavy atom. The molecule has 6 heteroatoms. The van der Waals surface area contributed by atoms with Crippen LogP contribution in [0.1, 0.15) is 12.5 Å². The molecule has 1 aliphatic rings. The van der Waals surface area contributed by atoms with Gasteiger partial charge in [-0.2, -0.15) is 0 Å². The van der Waals surface area contributed by atoms with Gasteiger partial charge in [-0.25, -0.2) is 9.18 Å². The van der Waals surface area contributed by atoms with Crippen molar-refractivity contribution in [2.24, 2.45) is 0 Å². The first-order valence-corrected chi connectivity index (χ1v) is 6.55. The molecular weight excluding hydrogens is 261 g/mol. The van der Waals surface area contributed by atoms with Gasteiger partial charge in [-0.05, 0) is 24.6 Å². The second-order valence-corrected chi connectivity index (χ2v) is 4.89. The number of piperazine rings is 1. The number of halogens is 1. The summed E-state index contributed by atoms with van der Waals surface area (Å²) in [6.45, 7) is 5.22. The normalized spacial score (nSPS) is 15.2. The SMILES string of the molecule is CC(=O)N1CCN(C(=O)Nc2ccc(C)c(F)c2)CC1. The molecule has 5 nitrogen and oxygen atoms in total. The van der Waals surface area contributed by atoms with Gasteiger partial charge in [0.25, 0.3) is 0 Å². The second kappa shape index (κ2) is 5.90. The van der Waals surface area contributed by atoms with Crippen molar-refractivity contribution in [3.8, 4) is 0 Å². The monoisotopic (exact) mass is 279 g/mol. The van der Waals surface area contributed by atoms with E-state index < -0.39 is 0 Å². The number of amides is 3. The van der Waals surface area contributed by atoms with E-state index in [1.807, 2.05) is 0 Å². The molecule has 1 fully saturated rings. The number of hydrogen-bond donors (Lipinski definition) is 1. The Bertz CT molecular complexity index is 525. The Hall–Kier alpha value is -2.11. The Balaban J connectivity index is 1.92. The lowest BCUT2D eigenvalue weighted by Gasteiger charge is -2.34. The van der Waals surface area contributed by atoms with E-state index in [0.717, 1.165) is 0 Å². The van der Waals surface area contributed by atoms with Gasteiger partial charge >= 0.3 is 6.03 Å². The number of hydrogen-bond acceptors (Lipinski definition) is 2. The van der Waals surface area contributed by atoms with Crippen LogP contribution in [-0.2, 0) is 4.79 Å². The molecule has 1 N–H and O–H groups in total. The maximum Gasteiger partial charge on any atom is 0.321 e. The molecule has 0 bridgehead atoms. The second-order valence-electron chi connectivity index (χ2n) is 4.89. The third kappa shape index (κ3) is 3.26. The lowest BCUT2D eigenvalue weighted by Crippen LogP contribution is -2.51. The molecule has 0 aliphatic carbocycles. The molecule has 3 amide bonds. The Kier molecular flexibility index (Phi) is 4.22. The molecule has 1 aromatic carbocycles. The number of aryl methyl sites for hydroxylation is 1. The van der Waals surface area contributed by atoms with Crippen LogP contribution in [0.25, 0.3) is 0 Å². The number of carbonyl (C=O) groups is 2. The summed E-state index contributed by atoms with van der Waals surface area (Å²) in [7, 11) is 0. The molecule has 0 aromatic heterocycles. The first-order valence-electron chi connectivity index (χ1n) is 6.55. The van der Waals surface area contributed by atoms with E-state index in [9.17, 15) is 14.0 Å². The molecule has 2 rings (SSSR count). The third-order valence-corrected chi connectivity index (χ3v) is 3.44. The summed E-state index contributed by atoms with van der Waals surface area (Å²) in [6.07, 6.45) is 0. The maximum absolute atomic E-state index is 13.4. The van der Waals surface area contributed by atoms with Crippen molar-refractivity contribution in [3.63, 3.8) is 0 Å². The van der Waals surface area contributed by atoms with Gasteiger partial charge in [-0.15, -0.1) is 0 Å². The maximum atomic E-state index is 13.4. The molecule has 0 atom stereocenters. The highest BCUT2D eigenvalue weighted by Crippen LogP contribution is 2.14. The van der Waals surface area contributed by atoms with Crippen LogP contribution in [0.3, 0.4) is 0 Å². The average Bonchev–Trinajstić information content (AvgIpc) is 2.43. The Morgan fingerprint density at radius 3 is 2.30 bits per heavy atom. The van der Waals surface area contributed by atoms with Crippen LogP contribution in [0.2, 0.25) is 0 Å². The minimum Gasteiger partial charge on any atom is -0.339 e. The number of carbonyl (C=O) groups excluding carboxylic acids is 2. The van der Waals surface area contributed by atoms with Gasteiger partial charge in [0.15, 0.2) is 0 Å². The van der Waals surface area contributed by atoms with E-state index in [2.05, 4.69) is 5.32 Å². The van der Waals surface area contributed by atoms with Crippen molar-refractivity contribution in [1.29, 1.82) is 0 Å². The van der Waals surface area contributed by atoms with Crippen molar-refractivity contribution < 1.29 is 14.0 Å². The van der Waals surface area contributed by atoms with E-state index in [0.29, 0.717) is 37.4 Å². The lowest BCUT2D eigenvalue weighted by molar-refractivity contribution is -0.130. The highest BCUT2D eigenvalue weighted by atomic mass is 19.1. The van der Waals surface area contributed by atoms with Gasteiger partial charge in [0.2, 0.25) is 5.91 Å². The zero-order valence-electron chi connectivity index (χ0n) is 11.6. The predicted molar refractivity (Wildman–Crippen MR) is 74.0 cm³/mol. The van der Waals surface area contributed by atoms with Crippen LogP contribution in [0.4, 0.5) is 14.9 Å². The van der Waals surface area contributed by atoms with Crippen LogP contribution in [-0.4, -0.2) is 47.9 Å². The van der Waals surface area contributed by atoms with Gasteiger partial charge in [-0.1, -0.05) is 6.07 Å². The first kappa shape index (κ1) is 14.3. The van der Waals surface area contributed by atoms with Gasteiger partial charge in [0.05, 0.1) is 0 Å². The van der Waals surface area contributed by atoms with Crippen LogP contribution in [0, 0.1) is 12.7 Å². The minimum atomic E-state index is -0.343. The molecule has 1 heterocycles. The molecule has 20 heavy (non-hydrogen) atoms. The fourth-order valence-electron chi connectivity index (χ4n) is 2.10. The van der Waals surface area contributed by atoms with Crippen LogP contribution in [0.15, 0.2) is 18.2 Å². The number of benzene rings is 1. The first-order chi connectivity index (χ1) is 9.47. The van der Waals surface area contributed by atoms with E-state index >= 15 is 0 Å². The fraction of sp³-hybridized carbons (Fsp3) is 0.429. The molecule has 108 valence electrons. The minimum absolute atomic E-state index is 0.0191. The summed E-state index contributed by atoms with van der Waals surface area (Å²) in [6, 6.07) is 4.33. The molecule has 1 saturated heterocycles. The van der Waals surface area contributed by atoms with Crippen molar-refractivity contribution in [1.82, 2.24) is 9.80 Å². The summed E-state index contributed by atoms with van der Waals surface area (Å²) in [4.78, 5) is 26.6. The predicted octanol–water partition coefficient (Wildman–Crippen LogP) is 1.83. The number of nitrogens with one attached hydrogen (secondary N) is 1.